The SMILES string of the molecule is c1ccc([Si](c2ccccc2)(c2ccccc2)c2cccc(-n3c4ccccc4c4cccc(-n5c6ccccc6c6ccc(-c7ccc8sc9ccccc9c8c7)cc65)c43)c2)cc1. The van der Waals surface area contributed by atoms with Crippen molar-refractivity contribution in [1.29, 1.82) is 0 Å². The molecular weight excluding hydrogens is 809 g/mol. The average Bonchev–Trinajstić information content (AvgIpc) is 4.03. The van der Waals surface area contributed by atoms with Gasteiger partial charge in [-0.25, -0.2) is 0 Å². The Morgan fingerprint density at radius 2 is 0.797 bits per heavy atom. The fraction of sp³-hybridized carbons (Fsp3) is 0. The largest absolute Gasteiger partial charge is 0.307 e. The quantitative estimate of drug-likeness (QED) is 0.112. The Morgan fingerprint density at radius 3 is 1.50 bits per heavy atom. The maximum Gasteiger partial charge on any atom is 0.179 e. The van der Waals surface area contributed by atoms with Crippen LogP contribution in [-0.2, 0) is 0 Å². The van der Waals surface area contributed by atoms with E-state index in [1.54, 1.807) is 0 Å². The molecule has 0 aliphatic carbocycles. The number of fused-ring (bicyclic) bond motifs is 9. The molecule has 4 heteroatoms. The Balaban J connectivity index is 1.09. The predicted molar refractivity (Wildman–Crippen MR) is 277 cm³/mol. The van der Waals surface area contributed by atoms with Crippen LogP contribution in [0.25, 0.3) is 86.3 Å². The minimum absolute atomic E-state index is 1.15. The van der Waals surface area contributed by atoms with Gasteiger partial charge in [-0.3, -0.25) is 0 Å². The lowest BCUT2D eigenvalue weighted by atomic mass is 10.0. The first kappa shape index (κ1) is 36.9. The standard InChI is InChI=1S/C60H40N2SSi/c1-4-19-44(20-5-1)64(45-21-6-2-7-22-45,46-23-8-3-9-24-46)47-25-16-18-43(40-47)61-54-30-13-11-27-49(54)52-29-17-32-56(60(52)61)62-55-31-14-10-26-48(55)50-36-34-42(39-57(50)62)41-35-37-59-53(38-41)51-28-12-15-33-58(51)63-59/h1-40H. The van der Waals surface area contributed by atoms with Crippen LogP contribution in [0.5, 0.6) is 0 Å². The normalized spacial score (nSPS) is 12.1. The molecule has 13 rings (SSSR count). The van der Waals surface area contributed by atoms with Gasteiger partial charge >= 0.3 is 0 Å². The van der Waals surface area contributed by atoms with Crippen LogP contribution >= 0.6 is 11.3 Å². The molecule has 0 saturated carbocycles. The van der Waals surface area contributed by atoms with Crippen LogP contribution in [0.15, 0.2) is 243 Å². The number of para-hydroxylation sites is 3. The van der Waals surface area contributed by atoms with Gasteiger partial charge in [0, 0.05) is 47.4 Å². The molecule has 0 atom stereocenters. The number of nitrogens with zero attached hydrogens (tertiary/aromatic N) is 2. The first-order chi connectivity index (χ1) is 31.8. The third-order valence-electron chi connectivity index (χ3n) is 13.5. The predicted octanol–water partition coefficient (Wildman–Crippen LogP) is 13.3. The number of benzene rings is 10. The van der Waals surface area contributed by atoms with Crippen molar-refractivity contribution in [3.8, 4) is 22.5 Å². The lowest BCUT2D eigenvalue weighted by molar-refractivity contribution is 1.13. The van der Waals surface area contributed by atoms with Crippen LogP contribution in [0.2, 0.25) is 0 Å². The lowest BCUT2D eigenvalue weighted by Gasteiger charge is -2.34. The molecule has 0 amide bonds. The maximum atomic E-state index is 2.53. The van der Waals surface area contributed by atoms with Gasteiger partial charge in [0.05, 0.1) is 27.8 Å². The van der Waals surface area contributed by atoms with Crippen molar-refractivity contribution < 1.29 is 0 Å². The van der Waals surface area contributed by atoms with Crippen LogP contribution in [0.3, 0.4) is 0 Å². The monoisotopic (exact) mass is 848 g/mol. The Kier molecular flexibility index (Phi) is 8.45. The van der Waals surface area contributed by atoms with Gasteiger partial charge in [0.15, 0.2) is 8.07 Å². The topological polar surface area (TPSA) is 9.86 Å². The zero-order chi connectivity index (χ0) is 42.2. The van der Waals surface area contributed by atoms with Gasteiger partial charge in [-0.05, 0) is 86.5 Å². The van der Waals surface area contributed by atoms with Crippen molar-refractivity contribution in [1.82, 2.24) is 9.13 Å². The molecule has 0 bridgehead atoms. The molecular formula is C60H40N2SSi. The molecule has 3 heterocycles. The number of rotatable bonds is 7. The van der Waals surface area contributed by atoms with Crippen molar-refractivity contribution >= 4 is 104 Å². The Hall–Kier alpha value is -7.76. The highest BCUT2D eigenvalue weighted by atomic mass is 32.1. The van der Waals surface area contributed by atoms with Gasteiger partial charge in [-0.2, -0.15) is 0 Å². The van der Waals surface area contributed by atoms with E-state index in [1.807, 2.05) is 11.3 Å². The average molecular weight is 849 g/mol. The summed E-state index contributed by atoms with van der Waals surface area (Å²) < 4.78 is 7.70. The number of aromatic nitrogens is 2. The van der Waals surface area contributed by atoms with E-state index in [4.69, 9.17) is 0 Å². The molecule has 0 radical (unpaired) electrons. The van der Waals surface area contributed by atoms with E-state index in [0.29, 0.717) is 0 Å². The second-order valence-corrected chi connectivity index (χ2v) is 21.7. The molecule has 10 aromatic carbocycles. The minimum atomic E-state index is -2.80. The Bertz CT molecular complexity index is 3800. The molecule has 2 nitrogen and oxygen atoms in total. The third-order valence-corrected chi connectivity index (χ3v) is 19.4. The van der Waals surface area contributed by atoms with Crippen LogP contribution in [-0.4, -0.2) is 17.2 Å². The van der Waals surface area contributed by atoms with Crippen molar-refractivity contribution in [2.45, 2.75) is 0 Å². The maximum absolute atomic E-state index is 2.80. The molecule has 0 spiro atoms. The summed E-state index contributed by atoms with van der Waals surface area (Å²) in [6.45, 7) is 0. The van der Waals surface area contributed by atoms with E-state index >= 15 is 0 Å². The zero-order valence-corrected chi connectivity index (χ0v) is 36.7. The fourth-order valence-electron chi connectivity index (χ4n) is 10.7. The molecule has 300 valence electrons. The van der Waals surface area contributed by atoms with Gasteiger partial charge in [0.25, 0.3) is 0 Å². The summed E-state index contributed by atoms with van der Waals surface area (Å²) in [6.07, 6.45) is 0. The fourth-order valence-corrected chi connectivity index (χ4v) is 16.6. The number of hydrogen-bond donors (Lipinski definition) is 0. The van der Waals surface area contributed by atoms with Gasteiger partial charge in [-0.1, -0.05) is 188 Å². The second kappa shape index (κ2) is 14.7. The third kappa shape index (κ3) is 5.50. The Labute approximate surface area is 376 Å². The smallest absolute Gasteiger partial charge is 0.179 e. The lowest BCUT2D eigenvalue weighted by Crippen LogP contribution is -2.74. The molecule has 0 fully saturated rings. The second-order valence-electron chi connectivity index (χ2n) is 16.8. The highest BCUT2D eigenvalue weighted by Gasteiger charge is 2.41. The summed E-state index contributed by atoms with van der Waals surface area (Å²) in [7, 11) is -2.80. The van der Waals surface area contributed by atoms with E-state index in [0.717, 1.165) is 11.4 Å². The molecule has 0 aliphatic heterocycles. The molecule has 0 unspecified atom stereocenters. The number of thiophene rings is 1. The van der Waals surface area contributed by atoms with Crippen molar-refractivity contribution in [2.24, 2.45) is 0 Å². The molecule has 64 heavy (non-hydrogen) atoms. The zero-order valence-electron chi connectivity index (χ0n) is 34.9. The molecule has 3 aromatic heterocycles. The minimum Gasteiger partial charge on any atom is -0.307 e. The molecule has 13 aromatic rings. The first-order valence-electron chi connectivity index (χ1n) is 22.0. The van der Waals surface area contributed by atoms with E-state index in [-0.39, 0.29) is 0 Å². The van der Waals surface area contributed by atoms with Crippen LogP contribution in [0.4, 0.5) is 0 Å². The van der Waals surface area contributed by atoms with Crippen LogP contribution < -0.4 is 20.7 Å². The highest BCUT2D eigenvalue weighted by Crippen LogP contribution is 2.42. The van der Waals surface area contributed by atoms with E-state index < -0.39 is 8.07 Å². The summed E-state index contributed by atoms with van der Waals surface area (Å²) >= 11 is 1.87. The van der Waals surface area contributed by atoms with E-state index in [9.17, 15) is 0 Å². The highest BCUT2D eigenvalue weighted by molar-refractivity contribution is 7.25. The van der Waals surface area contributed by atoms with Gasteiger partial charge in [-0.15, -0.1) is 11.3 Å². The van der Waals surface area contributed by atoms with Crippen LogP contribution in [0, 0.1) is 0 Å². The van der Waals surface area contributed by atoms with Gasteiger partial charge in [0.1, 0.15) is 0 Å². The molecule has 0 aliphatic rings. The molecule has 0 N–H and O–H groups in total. The van der Waals surface area contributed by atoms with E-state index in [2.05, 4.69) is 252 Å². The van der Waals surface area contributed by atoms with E-state index in [1.165, 1.54) is 95.7 Å². The first-order valence-corrected chi connectivity index (χ1v) is 24.8. The summed E-state index contributed by atoms with van der Waals surface area (Å²) in [5.74, 6) is 0. The van der Waals surface area contributed by atoms with Gasteiger partial charge in [0.2, 0.25) is 0 Å². The summed E-state index contributed by atoms with van der Waals surface area (Å²) in [4.78, 5) is 0. The van der Waals surface area contributed by atoms with Crippen molar-refractivity contribution in [2.75, 3.05) is 0 Å². The number of hydrogen-bond acceptors (Lipinski definition) is 1. The van der Waals surface area contributed by atoms with Crippen molar-refractivity contribution in [3.05, 3.63) is 243 Å². The van der Waals surface area contributed by atoms with Crippen molar-refractivity contribution in [3.63, 3.8) is 0 Å². The van der Waals surface area contributed by atoms with Gasteiger partial charge < -0.3 is 9.13 Å². The Morgan fingerprint density at radius 1 is 0.297 bits per heavy atom. The molecule has 0 saturated heterocycles. The summed E-state index contributed by atoms with van der Waals surface area (Å²) in [5, 5.41) is 13.0. The van der Waals surface area contributed by atoms with Crippen LogP contribution in [0.1, 0.15) is 0 Å². The summed E-state index contributed by atoms with van der Waals surface area (Å²) in [6, 6.07) is 90.6. The summed E-state index contributed by atoms with van der Waals surface area (Å²) in [5.41, 5.74) is 9.48.